The molecular formula is C4H6O2Pr. The SMILES string of the molecule is C=C(C)C(=O)O.[Pr]. The Morgan fingerprint density at radius 2 is 1.86 bits per heavy atom. The van der Waals surface area contributed by atoms with Gasteiger partial charge in [-0.1, -0.05) is 6.58 Å². The minimum atomic E-state index is -0.935. The van der Waals surface area contributed by atoms with Crippen molar-refractivity contribution in [3.8, 4) is 0 Å². The van der Waals surface area contributed by atoms with Gasteiger partial charge in [0.05, 0.1) is 0 Å². The Balaban J connectivity index is 0. The summed E-state index contributed by atoms with van der Waals surface area (Å²) in [6.07, 6.45) is 0. The third-order valence-corrected chi connectivity index (χ3v) is 0.365. The van der Waals surface area contributed by atoms with E-state index in [4.69, 9.17) is 5.11 Å². The number of carboxylic acid groups (broad SMARTS) is 1. The summed E-state index contributed by atoms with van der Waals surface area (Å²) in [7, 11) is 0. The molecule has 0 aliphatic rings. The average Bonchev–Trinajstić information content (AvgIpc) is 1.36. The Kier molecular flexibility index (Phi) is 7.11. The van der Waals surface area contributed by atoms with Gasteiger partial charge in [0.2, 0.25) is 0 Å². The molecule has 7 heavy (non-hydrogen) atoms. The van der Waals surface area contributed by atoms with Crippen LogP contribution >= 0.6 is 0 Å². The van der Waals surface area contributed by atoms with Crippen LogP contribution in [0.2, 0.25) is 0 Å². The molecule has 0 heterocycles. The van der Waals surface area contributed by atoms with E-state index in [1.54, 1.807) is 0 Å². The summed E-state index contributed by atoms with van der Waals surface area (Å²) in [4.78, 5) is 9.60. The molecule has 0 aromatic heterocycles. The number of carbonyl (C=O) groups is 1. The van der Waals surface area contributed by atoms with Crippen molar-refractivity contribution in [3.63, 3.8) is 0 Å². The van der Waals surface area contributed by atoms with E-state index in [1.807, 2.05) is 0 Å². The van der Waals surface area contributed by atoms with Crippen molar-refractivity contribution in [2.24, 2.45) is 0 Å². The third-order valence-electron chi connectivity index (χ3n) is 0.365. The number of rotatable bonds is 1. The number of aliphatic carboxylic acids is 1. The molecule has 3 heteroatoms. The predicted molar refractivity (Wildman–Crippen MR) is 22.4 cm³/mol. The van der Waals surface area contributed by atoms with Crippen LogP contribution in [0.5, 0.6) is 0 Å². The van der Waals surface area contributed by atoms with Gasteiger partial charge in [-0.15, -0.1) is 0 Å². The Morgan fingerprint density at radius 3 is 1.86 bits per heavy atom. The van der Waals surface area contributed by atoms with Gasteiger partial charge in [0.1, 0.15) is 0 Å². The van der Waals surface area contributed by atoms with Crippen molar-refractivity contribution >= 4 is 5.97 Å². The summed E-state index contributed by atoms with van der Waals surface area (Å²) in [5, 5.41) is 7.89. The molecular weight excluding hydrogens is 221 g/mol. The van der Waals surface area contributed by atoms with Crippen LogP contribution in [0.15, 0.2) is 12.2 Å². The van der Waals surface area contributed by atoms with E-state index in [0.29, 0.717) is 0 Å². The first-order valence-corrected chi connectivity index (χ1v) is 1.53. The molecule has 37 valence electrons. The quantitative estimate of drug-likeness (QED) is 0.667. The van der Waals surface area contributed by atoms with Crippen LogP contribution in [0.25, 0.3) is 0 Å². The molecule has 0 aromatic carbocycles. The molecule has 0 rings (SSSR count). The van der Waals surface area contributed by atoms with Crippen LogP contribution in [0.4, 0.5) is 0 Å². The van der Waals surface area contributed by atoms with Crippen molar-refractivity contribution in [1.29, 1.82) is 0 Å². The molecule has 0 bridgehead atoms. The summed E-state index contributed by atoms with van der Waals surface area (Å²) in [5.41, 5.74) is 0.176. The van der Waals surface area contributed by atoms with Crippen LogP contribution in [0.3, 0.4) is 0 Å². The maximum absolute atomic E-state index is 9.60. The normalized spacial score (nSPS) is 6.43. The zero-order valence-corrected chi connectivity index (χ0v) is 7.84. The molecule has 0 atom stereocenters. The summed E-state index contributed by atoms with van der Waals surface area (Å²) >= 11 is 0. The van der Waals surface area contributed by atoms with Crippen LogP contribution < -0.4 is 0 Å². The fraction of sp³-hybridized carbons (Fsp3) is 0.250. The first-order chi connectivity index (χ1) is 2.64. The number of hydrogen-bond acceptors (Lipinski definition) is 1. The molecule has 2 nitrogen and oxygen atoms in total. The minimum Gasteiger partial charge on any atom is -0.478 e. The molecule has 0 saturated heterocycles. The van der Waals surface area contributed by atoms with E-state index in [0.717, 1.165) is 0 Å². The van der Waals surface area contributed by atoms with E-state index >= 15 is 0 Å². The van der Waals surface area contributed by atoms with Crippen molar-refractivity contribution in [1.82, 2.24) is 0 Å². The zero-order valence-electron chi connectivity index (χ0n) is 4.14. The standard InChI is InChI=1S/C4H6O2.Pr/c1-3(2)4(5)6;/h1H2,2H3,(H,5,6);. The Morgan fingerprint density at radius 1 is 1.71 bits per heavy atom. The number of carboxylic acids is 1. The van der Waals surface area contributed by atoms with E-state index < -0.39 is 5.97 Å². The molecule has 0 fully saturated rings. The molecule has 1 N–H and O–H groups in total. The maximum Gasteiger partial charge on any atom is 0.330 e. The Hall–Kier alpha value is 0.574. The molecule has 0 spiro atoms. The van der Waals surface area contributed by atoms with Crippen molar-refractivity contribution in [2.75, 3.05) is 0 Å². The van der Waals surface area contributed by atoms with Gasteiger partial charge in [-0.25, -0.2) is 4.79 Å². The second kappa shape index (κ2) is 4.73. The van der Waals surface area contributed by atoms with E-state index in [9.17, 15) is 4.79 Å². The van der Waals surface area contributed by atoms with E-state index in [2.05, 4.69) is 6.58 Å². The van der Waals surface area contributed by atoms with Crippen molar-refractivity contribution < 1.29 is 51.2 Å². The first kappa shape index (κ1) is 10.5. The van der Waals surface area contributed by atoms with Gasteiger partial charge in [-0.3, -0.25) is 0 Å². The molecule has 0 saturated carbocycles. The molecule has 0 aliphatic heterocycles. The van der Waals surface area contributed by atoms with Crippen LogP contribution in [0.1, 0.15) is 6.92 Å². The second-order valence-electron chi connectivity index (χ2n) is 1.09. The van der Waals surface area contributed by atoms with Gasteiger partial charge in [0, 0.05) is 46.9 Å². The monoisotopic (exact) mass is 227 g/mol. The fourth-order valence-corrected chi connectivity index (χ4v) is 0. The maximum atomic E-state index is 9.60. The molecule has 0 aliphatic carbocycles. The van der Waals surface area contributed by atoms with Crippen LogP contribution in [-0.2, 0) is 4.79 Å². The Bertz CT molecular complexity index is 75.7. The zero-order chi connectivity index (χ0) is 5.15. The van der Waals surface area contributed by atoms with Gasteiger partial charge in [0.15, 0.2) is 0 Å². The second-order valence-corrected chi connectivity index (χ2v) is 1.09. The van der Waals surface area contributed by atoms with E-state index in [-0.39, 0.29) is 46.9 Å². The van der Waals surface area contributed by atoms with Crippen LogP contribution in [0, 0.1) is 41.3 Å². The first-order valence-electron chi connectivity index (χ1n) is 1.53. The smallest absolute Gasteiger partial charge is 0.330 e. The third kappa shape index (κ3) is 6.57. The summed E-state index contributed by atoms with van der Waals surface area (Å²) < 4.78 is 0. The van der Waals surface area contributed by atoms with Gasteiger partial charge < -0.3 is 5.11 Å². The van der Waals surface area contributed by atoms with Crippen molar-refractivity contribution in [3.05, 3.63) is 12.2 Å². The van der Waals surface area contributed by atoms with Gasteiger partial charge >= 0.3 is 5.97 Å². The fourth-order valence-electron chi connectivity index (χ4n) is 0. The van der Waals surface area contributed by atoms with Gasteiger partial charge in [-0.05, 0) is 6.92 Å². The summed E-state index contributed by atoms with van der Waals surface area (Å²) in [6, 6.07) is 0. The largest absolute Gasteiger partial charge is 0.478 e. The average molecular weight is 227 g/mol. The summed E-state index contributed by atoms with van der Waals surface area (Å²) in [5.74, 6) is -0.935. The van der Waals surface area contributed by atoms with Gasteiger partial charge in [-0.2, -0.15) is 0 Å². The van der Waals surface area contributed by atoms with E-state index in [1.165, 1.54) is 6.92 Å². The van der Waals surface area contributed by atoms with Crippen LogP contribution in [-0.4, -0.2) is 11.1 Å². The molecule has 0 unspecified atom stereocenters. The summed E-state index contributed by atoms with van der Waals surface area (Å²) in [6.45, 7) is 4.60. The predicted octanol–water partition coefficient (Wildman–Crippen LogP) is 0.647. The Labute approximate surface area is 75.6 Å². The topological polar surface area (TPSA) is 37.3 Å². The molecule has 0 amide bonds. The minimum absolute atomic E-state index is 0. The van der Waals surface area contributed by atoms with Gasteiger partial charge in [0.25, 0.3) is 0 Å². The molecule has 0 aromatic rings. The van der Waals surface area contributed by atoms with Crippen molar-refractivity contribution in [2.45, 2.75) is 6.92 Å². The number of hydrogen-bond donors (Lipinski definition) is 1. The molecule has 1 radical (unpaired) electrons.